The average molecular weight is 495 g/mol. The van der Waals surface area contributed by atoms with Gasteiger partial charge in [0.05, 0.1) is 14.2 Å². The number of benzene rings is 2. The predicted octanol–water partition coefficient (Wildman–Crippen LogP) is 4.01. The van der Waals surface area contributed by atoms with Gasteiger partial charge in [-0.2, -0.15) is 0 Å². The van der Waals surface area contributed by atoms with Crippen molar-refractivity contribution in [2.75, 3.05) is 45.3 Å². The van der Waals surface area contributed by atoms with Crippen LogP contribution in [0.5, 0.6) is 17.2 Å². The molecule has 2 aliphatic heterocycles. The average Bonchev–Trinajstić information content (AvgIpc) is 3.30. The van der Waals surface area contributed by atoms with Crippen LogP contribution in [-0.2, 0) is 22.6 Å². The van der Waals surface area contributed by atoms with Crippen molar-refractivity contribution in [1.82, 2.24) is 4.90 Å². The van der Waals surface area contributed by atoms with Gasteiger partial charge in [0.2, 0.25) is 5.91 Å². The molecule has 1 fully saturated rings. The minimum Gasteiger partial charge on any atom is -0.507 e. The Morgan fingerprint density at radius 2 is 1.78 bits per heavy atom. The van der Waals surface area contributed by atoms with Crippen LogP contribution in [0.4, 0.5) is 5.69 Å². The summed E-state index contributed by atoms with van der Waals surface area (Å²) in [7, 11) is 3.21. The fourth-order valence-corrected chi connectivity index (χ4v) is 4.88. The van der Waals surface area contributed by atoms with Gasteiger partial charge in [-0.25, -0.2) is 4.79 Å². The smallest absolute Gasteiger partial charge is 0.342 e. The Labute approximate surface area is 212 Å². The Balaban J connectivity index is 1.32. The molecule has 2 aromatic carbocycles. The Morgan fingerprint density at radius 3 is 2.42 bits per heavy atom. The molecule has 0 spiro atoms. The van der Waals surface area contributed by atoms with E-state index < -0.39 is 5.97 Å². The van der Waals surface area contributed by atoms with Gasteiger partial charge >= 0.3 is 5.97 Å². The van der Waals surface area contributed by atoms with Gasteiger partial charge in [0, 0.05) is 49.4 Å². The number of fused-ring (bicyclic) bond motifs is 1. The van der Waals surface area contributed by atoms with Crippen molar-refractivity contribution >= 4 is 17.6 Å². The number of hydrogen-bond acceptors (Lipinski definition) is 7. The first-order chi connectivity index (χ1) is 17.3. The van der Waals surface area contributed by atoms with E-state index in [1.165, 1.54) is 0 Å². The lowest BCUT2D eigenvalue weighted by Crippen LogP contribution is -2.48. The van der Waals surface area contributed by atoms with Crippen molar-refractivity contribution in [2.24, 2.45) is 0 Å². The number of cyclic esters (lactones) is 1. The maximum absolute atomic E-state index is 12.8. The SMILES string of the molecule is COc1ccc(N2CCN(C(=O)CCC(C)=CCc3c(O)c4c(c(C)c3OC)COC4=O)CC2)cc1. The van der Waals surface area contributed by atoms with Crippen molar-refractivity contribution in [3.05, 3.63) is 58.2 Å². The molecule has 1 N–H and O–H groups in total. The van der Waals surface area contributed by atoms with Crippen molar-refractivity contribution < 1.29 is 28.9 Å². The van der Waals surface area contributed by atoms with Crippen LogP contribution in [0.3, 0.4) is 0 Å². The number of carbonyl (C=O) groups is 2. The number of piperazine rings is 1. The molecule has 0 atom stereocenters. The summed E-state index contributed by atoms with van der Waals surface area (Å²) < 4.78 is 15.9. The number of nitrogens with zero attached hydrogens (tertiary/aromatic N) is 2. The molecule has 0 bridgehead atoms. The predicted molar refractivity (Wildman–Crippen MR) is 137 cm³/mol. The maximum atomic E-state index is 12.8. The van der Waals surface area contributed by atoms with E-state index in [2.05, 4.69) is 4.90 Å². The molecule has 0 saturated carbocycles. The van der Waals surface area contributed by atoms with Gasteiger partial charge in [0.15, 0.2) is 0 Å². The van der Waals surface area contributed by atoms with E-state index in [4.69, 9.17) is 14.2 Å². The third-order valence-electron chi connectivity index (χ3n) is 7.11. The highest BCUT2D eigenvalue weighted by molar-refractivity contribution is 5.98. The first-order valence-corrected chi connectivity index (χ1v) is 12.2. The summed E-state index contributed by atoms with van der Waals surface area (Å²) in [5, 5.41) is 10.8. The molecule has 192 valence electrons. The molecule has 8 nitrogen and oxygen atoms in total. The number of allylic oxidation sites excluding steroid dienone is 2. The van der Waals surface area contributed by atoms with Crippen molar-refractivity contribution in [3.8, 4) is 17.2 Å². The lowest BCUT2D eigenvalue weighted by atomic mass is 9.94. The number of carbonyl (C=O) groups excluding carboxylic acids is 2. The maximum Gasteiger partial charge on any atom is 0.342 e. The normalized spacial score (nSPS) is 15.6. The van der Waals surface area contributed by atoms with Crippen LogP contribution >= 0.6 is 0 Å². The molecule has 8 heteroatoms. The highest BCUT2D eigenvalue weighted by atomic mass is 16.5. The summed E-state index contributed by atoms with van der Waals surface area (Å²) >= 11 is 0. The van der Waals surface area contributed by atoms with E-state index in [1.807, 2.05) is 49.1 Å². The second-order valence-electron chi connectivity index (χ2n) is 9.24. The van der Waals surface area contributed by atoms with Crippen molar-refractivity contribution in [3.63, 3.8) is 0 Å². The first-order valence-electron chi connectivity index (χ1n) is 12.2. The molecular formula is C28H34N2O6. The number of ether oxygens (including phenoxy) is 3. The zero-order valence-electron chi connectivity index (χ0n) is 21.4. The van der Waals surface area contributed by atoms with Crippen molar-refractivity contribution in [1.29, 1.82) is 0 Å². The number of anilines is 1. The second-order valence-corrected chi connectivity index (χ2v) is 9.24. The minimum atomic E-state index is -0.507. The van der Waals surface area contributed by atoms with Gasteiger partial charge in [0.1, 0.15) is 29.4 Å². The molecule has 0 aliphatic carbocycles. The number of aromatic hydroxyl groups is 1. The second kappa shape index (κ2) is 10.9. The molecule has 0 radical (unpaired) electrons. The van der Waals surface area contributed by atoms with Gasteiger partial charge < -0.3 is 29.1 Å². The van der Waals surface area contributed by atoms with Crippen LogP contribution < -0.4 is 14.4 Å². The molecule has 2 heterocycles. The number of amides is 1. The zero-order chi connectivity index (χ0) is 25.8. The first kappa shape index (κ1) is 25.4. The number of hydrogen-bond donors (Lipinski definition) is 1. The highest BCUT2D eigenvalue weighted by Crippen LogP contribution is 2.42. The topological polar surface area (TPSA) is 88.5 Å². The summed E-state index contributed by atoms with van der Waals surface area (Å²) in [5.74, 6) is 0.962. The Bertz CT molecular complexity index is 1160. The third-order valence-corrected chi connectivity index (χ3v) is 7.11. The third kappa shape index (κ3) is 5.12. The molecule has 2 aromatic rings. The number of rotatable bonds is 8. The fraction of sp³-hybridized carbons (Fsp3) is 0.429. The molecule has 0 unspecified atom stereocenters. The molecule has 0 aromatic heterocycles. The quantitative estimate of drug-likeness (QED) is 0.438. The Morgan fingerprint density at radius 1 is 1.08 bits per heavy atom. The van der Waals surface area contributed by atoms with E-state index in [0.29, 0.717) is 49.2 Å². The lowest BCUT2D eigenvalue weighted by molar-refractivity contribution is -0.131. The molecule has 4 rings (SSSR count). The summed E-state index contributed by atoms with van der Waals surface area (Å²) in [4.78, 5) is 29.1. The molecule has 36 heavy (non-hydrogen) atoms. The summed E-state index contributed by atoms with van der Waals surface area (Å²) in [6, 6.07) is 7.99. The van der Waals surface area contributed by atoms with Gasteiger partial charge in [-0.1, -0.05) is 11.6 Å². The van der Waals surface area contributed by atoms with Crippen LogP contribution in [0.15, 0.2) is 35.9 Å². The lowest BCUT2D eigenvalue weighted by Gasteiger charge is -2.36. The van der Waals surface area contributed by atoms with E-state index in [0.717, 1.165) is 35.7 Å². The highest BCUT2D eigenvalue weighted by Gasteiger charge is 2.32. The molecular weight excluding hydrogens is 460 g/mol. The Hall–Kier alpha value is -3.68. The van der Waals surface area contributed by atoms with E-state index >= 15 is 0 Å². The fourth-order valence-electron chi connectivity index (χ4n) is 4.88. The molecule has 2 aliphatic rings. The van der Waals surface area contributed by atoms with Crippen LogP contribution in [-0.4, -0.2) is 62.3 Å². The van der Waals surface area contributed by atoms with E-state index in [-0.39, 0.29) is 23.8 Å². The van der Waals surface area contributed by atoms with E-state index in [9.17, 15) is 14.7 Å². The van der Waals surface area contributed by atoms with Gasteiger partial charge in [-0.15, -0.1) is 0 Å². The Kier molecular flexibility index (Phi) is 7.72. The largest absolute Gasteiger partial charge is 0.507 e. The summed E-state index contributed by atoms with van der Waals surface area (Å²) in [6.07, 6.45) is 3.45. The van der Waals surface area contributed by atoms with E-state index in [1.54, 1.807) is 14.2 Å². The van der Waals surface area contributed by atoms with Gasteiger partial charge in [-0.3, -0.25) is 4.79 Å². The number of phenolic OH excluding ortho intramolecular Hbond substituents is 1. The summed E-state index contributed by atoms with van der Waals surface area (Å²) in [5.41, 5.74) is 4.46. The standard InChI is InChI=1S/C28H34N2O6/c1-18(5-11-22-26(32)25-23(17-36-28(25)33)19(2)27(22)35-4)6-12-24(31)30-15-13-29(14-16-30)20-7-9-21(34-3)10-8-20/h5,7-10,32H,6,11-17H2,1-4H3. The number of methoxy groups -OCH3 is 2. The van der Waals surface area contributed by atoms with Crippen LogP contribution in [0.2, 0.25) is 0 Å². The molecule has 1 amide bonds. The number of phenols is 1. The van der Waals surface area contributed by atoms with Crippen LogP contribution in [0.25, 0.3) is 0 Å². The van der Waals surface area contributed by atoms with Crippen LogP contribution in [0, 0.1) is 6.92 Å². The molecule has 1 saturated heterocycles. The number of esters is 1. The minimum absolute atomic E-state index is 0.0789. The monoisotopic (exact) mass is 494 g/mol. The van der Waals surface area contributed by atoms with Crippen molar-refractivity contribution in [2.45, 2.75) is 39.7 Å². The van der Waals surface area contributed by atoms with Gasteiger partial charge in [0.25, 0.3) is 0 Å². The van der Waals surface area contributed by atoms with Crippen LogP contribution in [0.1, 0.15) is 46.8 Å². The van der Waals surface area contributed by atoms with Gasteiger partial charge in [-0.05, 0) is 56.5 Å². The zero-order valence-corrected chi connectivity index (χ0v) is 21.4. The summed E-state index contributed by atoms with van der Waals surface area (Å²) in [6.45, 7) is 6.99.